The third-order valence-corrected chi connectivity index (χ3v) is 4.89. The molecule has 0 aliphatic rings. The van der Waals surface area contributed by atoms with Gasteiger partial charge < -0.3 is 15.0 Å². The van der Waals surface area contributed by atoms with Crippen LogP contribution in [0, 0.1) is 10.1 Å². The Morgan fingerprint density at radius 2 is 1.93 bits per heavy atom. The van der Waals surface area contributed by atoms with E-state index in [0.29, 0.717) is 10.8 Å². The van der Waals surface area contributed by atoms with Crippen molar-refractivity contribution in [1.82, 2.24) is 14.5 Å². The number of rotatable bonds is 5. The number of hydrogen-bond donors (Lipinski definition) is 1. The Bertz CT molecular complexity index is 1250. The van der Waals surface area contributed by atoms with Gasteiger partial charge in [-0.1, -0.05) is 23.7 Å². The quantitative estimate of drug-likeness (QED) is 0.329. The van der Waals surface area contributed by atoms with Crippen LogP contribution >= 0.6 is 11.6 Å². The van der Waals surface area contributed by atoms with E-state index in [0.717, 1.165) is 22.2 Å². The molecule has 2 N–H and O–H groups in total. The number of aromatic nitrogens is 3. The second kappa shape index (κ2) is 7.64. The molecule has 0 spiro atoms. The number of halogens is 1. The van der Waals surface area contributed by atoms with Crippen LogP contribution in [-0.2, 0) is 0 Å². The molecular weight excluding hydrogens is 406 g/mol. The van der Waals surface area contributed by atoms with Crippen LogP contribution in [0.3, 0.4) is 0 Å². The summed E-state index contributed by atoms with van der Waals surface area (Å²) in [5.74, 6) is 0.763. The zero-order chi connectivity index (χ0) is 21.4. The summed E-state index contributed by atoms with van der Waals surface area (Å²) in [6, 6.07) is 11.6. The molecular formula is C21H18ClN5O3. The summed E-state index contributed by atoms with van der Waals surface area (Å²) in [6.07, 6.45) is 3.73. The molecule has 2 heterocycles. The summed E-state index contributed by atoms with van der Waals surface area (Å²) in [5.41, 5.74) is 8.27. The highest BCUT2D eigenvalue weighted by molar-refractivity contribution is 6.30. The molecule has 0 saturated heterocycles. The zero-order valence-corrected chi connectivity index (χ0v) is 17.0. The first-order valence-electron chi connectivity index (χ1n) is 9.19. The average Bonchev–Trinajstić information content (AvgIpc) is 3.07. The van der Waals surface area contributed by atoms with E-state index >= 15 is 0 Å². The lowest BCUT2D eigenvalue weighted by Crippen LogP contribution is -2.02. The summed E-state index contributed by atoms with van der Waals surface area (Å²) in [5, 5.41) is 12.5. The van der Waals surface area contributed by atoms with Crippen LogP contribution in [-0.4, -0.2) is 19.5 Å². The Hall–Kier alpha value is -3.65. The topological polar surface area (TPSA) is 109 Å². The van der Waals surface area contributed by atoms with E-state index in [2.05, 4.69) is 23.8 Å². The first-order valence-corrected chi connectivity index (χ1v) is 9.56. The first kappa shape index (κ1) is 19.7. The lowest BCUT2D eigenvalue weighted by molar-refractivity contribution is -0.385. The monoisotopic (exact) mass is 423 g/mol. The Balaban J connectivity index is 1.70. The van der Waals surface area contributed by atoms with Crippen molar-refractivity contribution in [3.8, 4) is 22.6 Å². The Morgan fingerprint density at radius 1 is 1.20 bits per heavy atom. The predicted molar refractivity (Wildman–Crippen MR) is 116 cm³/mol. The standard InChI is InChI=1S/C21H18ClN5O3/c1-12(2)26-11-17(16-10-24-21(23)25-20(16)26)13-3-6-15(7-4-13)30-19-9-14(22)5-8-18(19)27(28)29/h3-12H,1-2H3,(H2,23,24,25). The van der Waals surface area contributed by atoms with Gasteiger partial charge in [0.25, 0.3) is 0 Å². The van der Waals surface area contributed by atoms with E-state index in [1.165, 1.54) is 18.2 Å². The summed E-state index contributed by atoms with van der Waals surface area (Å²) in [4.78, 5) is 19.2. The molecule has 0 saturated carbocycles. The van der Waals surface area contributed by atoms with Gasteiger partial charge in [0.15, 0.2) is 0 Å². The van der Waals surface area contributed by atoms with Crippen molar-refractivity contribution in [2.75, 3.05) is 5.73 Å². The van der Waals surface area contributed by atoms with Gasteiger partial charge in [-0.05, 0) is 37.6 Å². The van der Waals surface area contributed by atoms with Crippen LogP contribution in [0.25, 0.3) is 22.2 Å². The Kier molecular flexibility index (Phi) is 5.01. The molecule has 0 aliphatic heterocycles. The SMILES string of the molecule is CC(C)n1cc(-c2ccc(Oc3cc(Cl)ccc3[N+](=O)[O-])cc2)c2cnc(N)nc21. The third-order valence-electron chi connectivity index (χ3n) is 4.66. The second-order valence-electron chi connectivity index (χ2n) is 7.00. The predicted octanol–water partition coefficient (Wildman–Crippen LogP) is 5.62. The van der Waals surface area contributed by atoms with Gasteiger partial charge in [-0.2, -0.15) is 4.98 Å². The van der Waals surface area contributed by atoms with Gasteiger partial charge in [0.2, 0.25) is 11.7 Å². The highest BCUT2D eigenvalue weighted by Gasteiger charge is 2.17. The lowest BCUT2D eigenvalue weighted by atomic mass is 10.1. The molecule has 0 unspecified atom stereocenters. The molecule has 30 heavy (non-hydrogen) atoms. The van der Waals surface area contributed by atoms with Gasteiger partial charge in [0.05, 0.1) is 4.92 Å². The number of benzene rings is 2. The van der Waals surface area contributed by atoms with Crippen molar-refractivity contribution in [1.29, 1.82) is 0 Å². The van der Waals surface area contributed by atoms with Gasteiger partial charge in [0, 0.05) is 46.5 Å². The summed E-state index contributed by atoms with van der Waals surface area (Å²) in [7, 11) is 0. The second-order valence-corrected chi connectivity index (χ2v) is 7.44. The Morgan fingerprint density at radius 3 is 2.60 bits per heavy atom. The normalized spacial score (nSPS) is 11.2. The number of fused-ring (bicyclic) bond motifs is 1. The molecule has 9 heteroatoms. The molecule has 4 rings (SSSR count). The van der Waals surface area contributed by atoms with Gasteiger partial charge in [-0.15, -0.1) is 0 Å². The molecule has 2 aromatic carbocycles. The van der Waals surface area contributed by atoms with Gasteiger partial charge >= 0.3 is 5.69 Å². The summed E-state index contributed by atoms with van der Waals surface area (Å²) in [6.45, 7) is 4.13. The molecule has 0 bridgehead atoms. The van der Waals surface area contributed by atoms with Crippen LogP contribution in [0.4, 0.5) is 11.6 Å². The molecule has 0 atom stereocenters. The molecule has 0 aliphatic carbocycles. The van der Waals surface area contributed by atoms with E-state index in [-0.39, 0.29) is 23.4 Å². The average molecular weight is 424 g/mol. The van der Waals surface area contributed by atoms with Crippen molar-refractivity contribution in [2.45, 2.75) is 19.9 Å². The molecule has 0 fully saturated rings. The summed E-state index contributed by atoms with van der Waals surface area (Å²) < 4.78 is 7.76. The number of nitrogen functional groups attached to an aromatic ring is 1. The number of nitrogens with two attached hydrogens (primary N) is 1. The van der Waals surface area contributed by atoms with Gasteiger partial charge in [-0.25, -0.2) is 4.98 Å². The number of nitrogens with zero attached hydrogens (tertiary/aromatic N) is 4. The fourth-order valence-electron chi connectivity index (χ4n) is 3.22. The van der Waals surface area contributed by atoms with Gasteiger partial charge in [-0.3, -0.25) is 10.1 Å². The maximum atomic E-state index is 11.2. The van der Waals surface area contributed by atoms with Crippen molar-refractivity contribution in [3.05, 3.63) is 70.0 Å². The van der Waals surface area contributed by atoms with Crippen molar-refractivity contribution in [2.24, 2.45) is 0 Å². The largest absolute Gasteiger partial charge is 0.450 e. The third kappa shape index (κ3) is 3.65. The fourth-order valence-corrected chi connectivity index (χ4v) is 3.38. The molecule has 8 nitrogen and oxygen atoms in total. The minimum Gasteiger partial charge on any atom is -0.450 e. The molecule has 0 radical (unpaired) electrons. The van der Waals surface area contributed by atoms with E-state index in [4.69, 9.17) is 22.1 Å². The number of nitro groups is 1. The van der Waals surface area contributed by atoms with Gasteiger partial charge in [0.1, 0.15) is 11.4 Å². The van der Waals surface area contributed by atoms with E-state index < -0.39 is 4.92 Å². The summed E-state index contributed by atoms with van der Waals surface area (Å²) >= 11 is 5.96. The van der Waals surface area contributed by atoms with Crippen LogP contribution in [0.2, 0.25) is 5.02 Å². The van der Waals surface area contributed by atoms with E-state index in [9.17, 15) is 10.1 Å². The van der Waals surface area contributed by atoms with Crippen molar-refractivity contribution in [3.63, 3.8) is 0 Å². The van der Waals surface area contributed by atoms with E-state index in [1.807, 2.05) is 22.9 Å². The minimum absolute atomic E-state index is 0.0838. The van der Waals surface area contributed by atoms with Crippen LogP contribution in [0.5, 0.6) is 11.5 Å². The zero-order valence-electron chi connectivity index (χ0n) is 16.2. The first-order chi connectivity index (χ1) is 14.3. The fraction of sp³-hybridized carbons (Fsp3) is 0.143. The Labute approximate surface area is 177 Å². The molecule has 4 aromatic rings. The van der Waals surface area contributed by atoms with Crippen molar-refractivity contribution < 1.29 is 9.66 Å². The number of ether oxygens (including phenoxy) is 1. The lowest BCUT2D eigenvalue weighted by Gasteiger charge is -2.08. The van der Waals surface area contributed by atoms with Crippen LogP contribution < -0.4 is 10.5 Å². The smallest absolute Gasteiger partial charge is 0.311 e. The highest BCUT2D eigenvalue weighted by atomic mass is 35.5. The highest BCUT2D eigenvalue weighted by Crippen LogP contribution is 2.36. The molecule has 2 aromatic heterocycles. The maximum Gasteiger partial charge on any atom is 0.311 e. The van der Waals surface area contributed by atoms with Crippen LogP contribution in [0.1, 0.15) is 19.9 Å². The molecule has 0 amide bonds. The number of nitro benzene ring substituents is 1. The molecule has 152 valence electrons. The number of hydrogen-bond acceptors (Lipinski definition) is 6. The van der Waals surface area contributed by atoms with Crippen molar-refractivity contribution >= 4 is 34.3 Å². The number of anilines is 1. The minimum atomic E-state index is -0.507. The van der Waals surface area contributed by atoms with E-state index in [1.54, 1.807) is 18.3 Å². The maximum absolute atomic E-state index is 11.2. The van der Waals surface area contributed by atoms with Crippen LogP contribution in [0.15, 0.2) is 54.9 Å².